The summed E-state index contributed by atoms with van der Waals surface area (Å²) in [7, 11) is -0.299. The Hall–Kier alpha value is -0.835. The van der Waals surface area contributed by atoms with Crippen LogP contribution >= 0.6 is 15.9 Å². The Labute approximate surface area is 128 Å². The van der Waals surface area contributed by atoms with Crippen molar-refractivity contribution in [3.8, 4) is 0 Å². The first kappa shape index (κ1) is 14.1. The van der Waals surface area contributed by atoms with Gasteiger partial charge in [-0.05, 0) is 49.5 Å². The van der Waals surface area contributed by atoms with Crippen LogP contribution in [0.1, 0.15) is 27.2 Å². The van der Waals surface area contributed by atoms with Crippen LogP contribution in [-0.2, 0) is 9.31 Å². The van der Waals surface area contributed by atoms with E-state index in [1.807, 2.05) is 6.07 Å². The van der Waals surface area contributed by atoms with Gasteiger partial charge in [-0.2, -0.15) is 0 Å². The number of benzene rings is 2. The van der Waals surface area contributed by atoms with E-state index in [1.54, 1.807) is 0 Å². The molecule has 20 heavy (non-hydrogen) atoms. The summed E-state index contributed by atoms with van der Waals surface area (Å²) in [5, 5.41) is 2.37. The molecule has 0 bridgehead atoms. The second kappa shape index (κ2) is 5.17. The van der Waals surface area contributed by atoms with E-state index in [9.17, 15) is 0 Å². The molecule has 4 heteroatoms. The average molecular weight is 333 g/mol. The molecule has 2 aromatic carbocycles. The Bertz CT molecular complexity index is 641. The largest absolute Gasteiger partial charge is 0.495 e. The first-order valence-electron chi connectivity index (χ1n) is 6.97. The molecule has 2 aromatic rings. The summed E-state index contributed by atoms with van der Waals surface area (Å²) >= 11 is 3.61. The van der Waals surface area contributed by atoms with E-state index >= 15 is 0 Å². The monoisotopic (exact) mass is 332 g/mol. The van der Waals surface area contributed by atoms with E-state index in [0.29, 0.717) is 0 Å². The zero-order chi connectivity index (χ0) is 14.3. The van der Waals surface area contributed by atoms with Crippen molar-refractivity contribution < 1.29 is 9.31 Å². The summed E-state index contributed by atoms with van der Waals surface area (Å²) in [5.74, 6) is 0. The lowest BCUT2D eigenvalue weighted by Crippen LogP contribution is -2.51. The molecule has 0 amide bonds. The molecule has 0 radical (unpaired) electrons. The summed E-state index contributed by atoms with van der Waals surface area (Å²) in [6.07, 6.45) is 1.11. The fraction of sp³-hybridized carbons (Fsp3) is 0.375. The molecule has 1 heterocycles. The van der Waals surface area contributed by atoms with Crippen LogP contribution in [0.15, 0.2) is 40.9 Å². The minimum absolute atomic E-state index is 0.156. The molecule has 0 aliphatic carbocycles. The van der Waals surface area contributed by atoms with Gasteiger partial charge in [-0.25, -0.2) is 0 Å². The molecule has 1 aliphatic heterocycles. The van der Waals surface area contributed by atoms with Gasteiger partial charge in [-0.15, -0.1) is 0 Å². The highest BCUT2D eigenvalue weighted by atomic mass is 79.9. The average Bonchev–Trinajstić information content (AvgIpc) is 2.37. The first-order chi connectivity index (χ1) is 9.46. The van der Waals surface area contributed by atoms with Gasteiger partial charge in [-0.1, -0.05) is 46.3 Å². The van der Waals surface area contributed by atoms with Gasteiger partial charge < -0.3 is 9.31 Å². The van der Waals surface area contributed by atoms with Crippen molar-refractivity contribution in [3.05, 3.63) is 40.9 Å². The van der Waals surface area contributed by atoms with Crippen molar-refractivity contribution in [2.24, 2.45) is 0 Å². The lowest BCUT2D eigenvalue weighted by Gasteiger charge is -2.38. The summed E-state index contributed by atoms with van der Waals surface area (Å²) in [5.41, 5.74) is 0.944. The van der Waals surface area contributed by atoms with Gasteiger partial charge in [0.15, 0.2) is 0 Å². The highest BCUT2D eigenvalue weighted by Crippen LogP contribution is 2.28. The van der Waals surface area contributed by atoms with E-state index in [4.69, 9.17) is 9.31 Å². The molecule has 0 aromatic heterocycles. The Morgan fingerprint density at radius 1 is 1.15 bits per heavy atom. The van der Waals surface area contributed by atoms with Crippen molar-refractivity contribution in [1.82, 2.24) is 0 Å². The Morgan fingerprint density at radius 2 is 1.85 bits per heavy atom. The topological polar surface area (TPSA) is 18.5 Å². The normalized spacial score (nSPS) is 22.2. The maximum atomic E-state index is 6.14. The Balaban J connectivity index is 2.08. The van der Waals surface area contributed by atoms with Gasteiger partial charge in [0, 0.05) is 10.6 Å². The maximum Gasteiger partial charge on any atom is 0.495 e. The molecular formula is C16H18BBrO2. The Kier molecular flexibility index (Phi) is 3.65. The van der Waals surface area contributed by atoms with Gasteiger partial charge >= 0.3 is 7.12 Å². The van der Waals surface area contributed by atoms with Gasteiger partial charge in [0.1, 0.15) is 0 Å². The molecular weight excluding hydrogens is 315 g/mol. The second-order valence-electron chi connectivity index (χ2n) is 6.04. The van der Waals surface area contributed by atoms with Crippen molar-refractivity contribution in [3.63, 3.8) is 0 Å². The van der Waals surface area contributed by atoms with E-state index in [-0.39, 0.29) is 18.8 Å². The standard InChI is InChI=1S/C16H18BBrO2/c1-11-10-16(2,3)20-17(19-11)14-8-9-15(18)13-7-5-4-6-12(13)14/h4-9,11H,10H2,1-3H3/t11-/m1/s1. The molecule has 1 aliphatic rings. The van der Waals surface area contributed by atoms with Crippen LogP contribution in [0, 0.1) is 0 Å². The highest BCUT2D eigenvalue weighted by molar-refractivity contribution is 9.10. The van der Waals surface area contributed by atoms with Gasteiger partial charge in [0.05, 0.1) is 5.60 Å². The summed E-state index contributed by atoms with van der Waals surface area (Å²) in [6, 6.07) is 12.5. The van der Waals surface area contributed by atoms with E-state index in [1.165, 1.54) is 10.8 Å². The molecule has 0 spiro atoms. The third-order valence-corrected chi connectivity index (χ3v) is 4.41. The smallest absolute Gasteiger partial charge is 0.405 e. The van der Waals surface area contributed by atoms with Crippen LogP contribution in [0.4, 0.5) is 0 Å². The van der Waals surface area contributed by atoms with Gasteiger partial charge in [0.2, 0.25) is 0 Å². The fourth-order valence-corrected chi connectivity index (χ4v) is 3.42. The minimum atomic E-state index is -0.299. The van der Waals surface area contributed by atoms with Crippen molar-refractivity contribution >= 4 is 39.3 Å². The molecule has 1 saturated heterocycles. The van der Waals surface area contributed by atoms with Crippen molar-refractivity contribution in [2.75, 3.05) is 0 Å². The second-order valence-corrected chi connectivity index (χ2v) is 6.90. The number of fused-ring (bicyclic) bond motifs is 1. The minimum Gasteiger partial charge on any atom is -0.405 e. The number of hydrogen-bond donors (Lipinski definition) is 0. The molecule has 2 nitrogen and oxygen atoms in total. The zero-order valence-corrected chi connectivity index (χ0v) is 13.6. The lowest BCUT2D eigenvalue weighted by molar-refractivity contribution is -0.0228. The van der Waals surface area contributed by atoms with Crippen LogP contribution in [0.2, 0.25) is 0 Å². The molecule has 1 fully saturated rings. The van der Waals surface area contributed by atoms with Crippen molar-refractivity contribution in [1.29, 1.82) is 0 Å². The SMILES string of the molecule is C[C@@H]1CC(C)(C)OB(c2ccc(Br)c3ccccc23)O1. The van der Waals surface area contributed by atoms with Crippen LogP contribution in [-0.4, -0.2) is 18.8 Å². The van der Waals surface area contributed by atoms with Crippen LogP contribution in [0.3, 0.4) is 0 Å². The maximum absolute atomic E-state index is 6.14. The summed E-state index contributed by atoms with van der Waals surface area (Å²) < 4.78 is 13.3. The van der Waals surface area contributed by atoms with E-state index in [2.05, 4.69) is 67.0 Å². The highest BCUT2D eigenvalue weighted by Gasteiger charge is 2.38. The predicted molar refractivity (Wildman–Crippen MR) is 87.4 cm³/mol. The van der Waals surface area contributed by atoms with Gasteiger partial charge in [0.25, 0.3) is 0 Å². The number of rotatable bonds is 1. The zero-order valence-electron chi connectivity index (χ0n) is 12.0. The third-order valence-electron chi connectivity index (χ3n) is 3.72. The summed E-state index contributed by atoms with van der Waals surface area (Å²) in [4.78, 5) is 0. The quantitative estimate of drug-likeness (QED) is 0.737. The molecule has 3 rings (SSSR count). The molecule has 0 saturated carbocycles. The van der Waals surface area contributed by atoms with E-state index < -0.39 is 0 Å². The van der Waals surface area contributed by atoms with Gasteiger partial charge in [-0.3, -0.25) is 0 Å². The lowest BCUT2D eigenvalue weighted by atomic mass is 9.73. The van der Waals surface area contributed by atoms with Crippen molar-refractivity contribution in [2.45, 2.75) is 38.9 Å². The van der Waals surface area contributed by atoms with E-state index in [0.717, 1.165) is 16.4 Å². The third kappa shape index (κ3) is 2.65. The molecule has 1 atom stereocenters. The van der Waals surface area contributed by atoms with Crippen LogP contribution in [0.25, 0.3) is 10.8 Å². The fourth-order valence-electron chi connectivity index (χ4n) is 2.94. The number of halogens is 1. The predicted octanol–water partition coefficient (Wildman–Crippen LogP) is 3.90. The molecule has 0 unspecified atom stereocenters. The molecule has 0 N–H and O–H groups in total. The Morgan fingerprint density at radius 3 is 2.55 bits per heavy atom. The first-order valence-corrected chi connectivity index (χ1v) is 7.76. The van der Waals surface area contributed by atoms with Crippen LogP contribution < -0.4 is 5.46 Å². The summed E-state index contributed by atoms with van der Waals surface area (Å²) in [6.45, 7) is 6.36. The molecule has 104 valence electrons. The number of hydrogen-bond acceptors (Lipinski definition) is 2. The van der Waals surface area contributed by atoms with Crippen LogP contribution in [0.5, 0.6) is 0 Å².